The van der Waals surface area contributed by atoms with Crippen LogP contribution in [-0.4, -0.2) is 0 Å². The van der Waals surface area contributed by atoms with Gasteiger partial charge in [-0.05, 0) is 95.9 Å². The Hall–Kier alpha value is -6.64. The summed E-state index contributed by atoms with van der Waals surface area (Å²) in [6.07, 6.45) is 0. The molecule has 0 amide bonds. The van der Waals surface area contributed by atoms with Gasteiger partial charge in [-0.25, -0.2) is 0 Å². The summed E-state index contributed by atoms with van der Waals surface area (Å²) in [6, 6.07) is 30.7. The number of rotatable bonds is 0. The lowest BCUT2D eigenvalue weighted by Gasteiger charge is -1.95. The summed E-state index contributed by atoms with van der Waals surface area (Å²) < 4.78 is 0. The van der Waals surface area contributed by atoms with Crippen LogP contribution in [0.1, 0.15) is 44.5 Å². The van der Waals surface area contributed by atoms with E-state index in [2.05, 4.69) is 94.7 Å². The van der Waals surface area contributed by atoms with Crippen molar-refractivity contribution in [3.63, 3.8) is 0 Å². The van der Waals surface area contributed by atoms with E-state index in [9.17, 15) is 0 Å². The molecule has 0 unspecified atom stereocenters. The third kappa shape index (κ3) is 6.77. The molecule has 0 atom stereocenters. The van der Waals surface area contributed by atoms with Crippen LogP contribution in [0.4, 0.5) is 0 Å². The predicted molar refractivity (Wildman–Crippen MR) is 161 cm³/mol. The zero-order valence-corrected chi connectivity index (χ0v) is 21.2. The molecule has 0 saturated heterocycles. The molecule has 0 radical (unpaired) electrons. The van der Waals surface area contributed by atoms with Crippen LogP contribution in [0.15, 0.2) is 97.1 Å². The van der Waals surface area contributed by atoms with Gasteiger partial charge >= 0.3 is 0 Å². The maximum Gasteiger partial charge on any atom is 0.0412 e. The molecular weight excluding hydrogens is 480 g/mol. The van der Waals surface area contributed by atoms with E-state index in [1.165, 1.54) is 0 Å². The van der Waals surface area contributed by atoms with Crippen LogP contribution in [0.3, 0.4) is 0 Å². The van der Waals surface area contributed by atoms with Crippen molar-refractivity contribution in [1.29, 1.82) is 0 Å². The van der Waals surface area contributed by atoms with Gasteiger partial charge in [0.2, 0.25) is 0 Å². The molecule has 176 valence electrons. The molecule has 0 spiro atoms. The van der Waals surface area contributed by atoms with Crippen LogP contribution in [0.25, 0.3) is 0 Å². The van der Waals surface area contributed by atoms with Crippen molar-refractivity contribution < 1.29 is 0 Å². The van der Waals surface area contributed by atoms with Crippen molar-refractivity contribution in [3.05, 3.63) is 142 Å². The number of hydrogen-bond acceptors (Lipinski definition) is 0. The quantitative estimate of drug-likeness (QED) is 0.278. The maximum atomic E-state index is 3.11. The van der Waals surface area contributed by atoms with E-state index in [1.54, 1.807) is 0 Å². The van der Waals surface area contributed by atoms with Gasteiger partial charge < -0.3 is 0 Å². The Morgan fingerprint density at radius 3 is 0.450 bits per heavy atom. The van der Waals surface area contributed by atoms with Crippen molar-refractivity contribution in [2.24, 2.45) is 0 Å². The van der Waals surface area contributed by atoms with Crippen molar-refractivity contribution in [2.75, 3.05) is 0 Å². The Labute approximate surface area is 235 Å². The van der Waals surface area contributed by atoms with Crippen LogP contribution in [0, 0.1) is 94.7 Å². The largest absolute Gasteiger partial charge is 0.0609 e. The molecule has 0 aliphatic heterocycles. The van der Waals surface area contributed by atoms with Gasteiger partial charge in [0, 0.05) is 44.5 Å². The van der Waals surface area contributed by atoms with E-state index in [4.69, 9.17) is 0 Å². The Kier molecular flexibility index (Phi) is 8.17. The van der Waals surface area contributed by atoms with Gasteiger partial charge in [-0.15, -0.1) is 0 Å². The molecule has 5 rings (SSSR count). The van der Waals surface area contributed by atoms with E-state index in [0.717, 1.165) is 44.5 Å². The Bertz CT molecular complexity index is 1670. The molecule has 0 N–H and O–H groups in total. The summed E-state index contributed by atoms with van der Waals surface area (Å²) in [5.74, 6) is 48.3. The first kappa shape index (κ1) is 25.0. The first-order valence-electron chi connectivity index (χ1n) is 12.3. The Morgan fingerprint density at radius 2 is 0.325 bits per heavy atom. The minimum absolute atomic E-state index is 0.786. The van der Waals surface area contributed by atoms with E-state index < -0.39 is 0 Å². The van der Waals surface area contributed by atoms with Crippen LogP contribution >= 0.6 is 0 Å². The monoisotopic (exact) mass is 496 g/mol. The van der Waals surface area contributed by atoms with Gasteiger partial charge in [0.05, 0.1) is 0 Å². The summed E-state index contributed by atoms with van der Waals surface area (Å²) in [5, 5.41) is 0. The zero-order valence-electron chi connectivity index (χ0n) is 21.2. The molecule has 0 aromatic heterocycles. The minimum Gasteiger partial charge on any atom is -0.0609 e. The molecule has 0 fully saturated rings. The van der Waals surface area contributed by atoms with Crippen LogP contribution in [0.2, 0.25) is 0 Å². The molecule has 4 aromatic rings. The fraction of sp³-hybridized carbons (Fsp3) is 0. The lowest BCUT2D eigenvalue weighted by atomic mass is 10.1. The molecule has 40 heavy (non-hydrogen) atoms. The molecule has 0 heteroatoms. The molecule has 0 nitrogen and oxygen atoms in total. The van der Waals surface area contributed by atoms with Crippen molar-refractivity contribution in [2.45, 2.75) is 0 Å². The van der Waals surface area contributed by atoms with Crippen molar-refractivity contribution in [3.8, 4) is 94.7 Å². The lowest BCUT2D eigenvalue weighted by molar-refractivity contribution is 1.58. The third-order valence-corrected chi connectivity index (χ3v) is 5.54. The molecular formula is C40H16. The highest BCUT2D eigenvalue weighted by Gasteiger charge is 1.97. The first-order valence-corrected chi connectivity index (χ1v) is 12.3. The van der Waals surface area contributed by atoms with Crippen LogP contribution < -0.4 is 0 Å². The standard InChI is InChI=1S/C40H16/c1-2-18-34-26-11-12-28-36-20-5-6-22-38(36)30-15-16-32-40-24-8-7-23-39(40)31-14-13-29-37-21-4-3-19-35(37)27-10-9-25-33(34)17-1/h1-8,17-24H. The summed E-state index contributed by atoms with van der Waals surface area (Å²) in [7, 11) is 0. The molecule has 1 aliphatic rings. The third-order valence-electron chi connectivity index (χ3n) is 5.54. The smallest absolute Gasteiger partial charge is 0.0412 e. The van der Waals surface area contributed by atoms with E-state index in [0.29, 0.717) is 0 Å². The van der Waals surface area contributed by atoms with E-state index in [-0.39, 0.29) is 0 Å². The summed E-state index contributed by atoms with van der Waals surface area (Å²) >= 11 is 0. The fourth-order valence-corrected chi connectivity index (χ4v) is 3.59. The fourth-order valence-electron chi connectivity index (χ4n) is 3.59. The molecule has 4 aromatic carbocycles. The average molecular weight is 497 g/mol. The van der Waals surface area contributed by atoms with Gasteiger partial charge in [0.15, 0.2) is 0 Å². The number of fused-ring (bicyclic) bond motifs is 4. The van der Waals surface area contributed by atoms with Gasteiger partial charge in [0.25, 0.3) is 0 Å². The summed E-state index contributed by atoms with van der Waals surface area (Å²) in [4.78, 5) is 0. The maximum absolute atomic E-state index is 3.11. The van der Waals surface area contributed by atoms with Gasteiger partial charge in [-0.1, -0.05) is 95.9 Å². The average Bonchev–Trinajstić information content (AvgIpc) is 3.00. The molecule has 0 heterocycles. The Balaban J connectivity index is 1.61. The van der Waals surface area contributed by atoms with Gasteiger partial charge in [-0.2, -0.15) is 0 Å². The lowest BCUT2D eigenvalue weighted by Crippen LogP contribution is -1.84. The highest BCUT2D eigenvalue weighted by Crippen LogP contribution is 2.08. The number of benzene rings is 4. The highest BCUT2D eigenvalue weighted by molar-refractivity contribution is 5.59. The minimum atomic E-state index is 0.786. The van der Waals surface area contributed by atoms with Crippen LogP contribution in [0.5, 0.6) is 0 Å². The normalized spacial score (nSPS) is 10.0. The predicted octanol–water partition coefficient (Wildman–Crippen LogP) is 5.61. The summed E-state index contributed by atoms with van der Waals surface area (Å²) in [6.45, 7) is 0. The van der Waals surface area contributed by atoms with E-state index >= 15 is 0 Å². The first-order chi connectivity index (χ1) is 19.9. The molecule has 1 aliphatic carbocycles. The second kappa shape index (κ2) is 13.1. The highest BCUT2D eigenvalue weighted by atomic mass is 14.0. The van der Waals surface area contributed by atoms with Crippen molar-refractivity contribution >= 4 is 0 Å². The Morgan fingerprint density at radius 1 is 0.200 bits per heavy atom. The van der Waals surface area contributed by atoms with Crippen LogP contribution in [-0.2, 0) is 0 Å². The zero-order chi connectivity index (χ0) is 27.2. The van der Waals surface area contributed by atoms with Gasteiger partial charge in [-0.3, -0.25) is 0 Å². The number of hydrogen-bond donors (Lipinski definition) is 0. The topological polar surface area (TPSA) is 0 Å². The van der Waals surface area contributed by atoms with E-state index in [1.807, 2.05) is 97.1 Å². The van der Waals surface area contributed by atoms with Gasteiger partial charge in [0.1, 0.15) is 0 Å². The van der Waals surface area contributed by atoms with Crippen molar-refractivity contribution in [1.82, 2.24) is 0 Å². The second-order valence-electron chi connectivity index (χ2n) is 8.18. The SMILES string of the molecule is C1#Cc2ccccc2C#CC#Cc2ccccc2C#CC#Cc2ccccc2C#CC#Cc2ccccc2C#C1. The molecule has 0 saturated carbocycles. The summed E-state index contributed by atoms with van der Waals surface area (Å²) in [5.41, 5.74) is 6.29. The molecule has 0 bridgehead atoms. The second-order valence-corrected chi connectivity index (χ2v) is 8.18.